The van der Waals surface area contributed by atoms with Crippen LogP contribution in [0.25, 0.3) is 0 Å². The molecule has 0 unspecified atom stereocenters. The molecule has 0 heterocycles. The fourth-order valence-electron chi connectivity index (χ4n) is 1.74. The Kier molecular flexibility index (Phi) is 6.00. The van der Waals surface area contributed by atoms with E-state index < -0.39 is 17.6 Å². The van der Waals surface area contributed by atoms with Crippen molar-refractivity contribution in [1.29, 1.82) is 0 Å². The third-order valence-electron chi connectivity index (χ3n) is 2.69. The second kappa shape index (κ2) is 7.11. The molecule has 0 aliphatic carbocycles. The van der Waals surface area contributed by atoms with E-state index in [1.165, 1.54) is 7.11 Å². The van der Waals surface area contributed by atoms with Crippen LogP contribution in [0.5, 0.6) is 0 Å². The van der Waals surface area contributed by atoms with Crippen LogP contribution < -0.4 is 5.32 Å². The van der Waals surface area contributed by atoms with E-state index in [9.17, 15) is 9.59 Å². The summed E-state index contributed by atoms with van der Waals surface area (Å²) in [6.45, 7) is 7.11. The van der Waals surface area contributed by atoms with Crippen LogP contribution in [-0.4, -0.2) is 24.8 Å². The standard InChI is InChI=1S/C15H20INO4/c1-9(13(18)20-5)10-7-6-8-11(16)12(10)17-14(19)21-15(2,3)4/h6-9H,1-5H3,(H,17,19)/t9-/m0/s1. The molecule has 1 aromatic carbocycles. The first-order chi connectivity index (χ1) is 9.65. The minimum absolute atomic E-state index is 0.357. The molecule has 0 fully saturated rings. The van der Waals surface area contributed by atoms with Crippen LogP contribution >= 0.6 is 22.6 Å². The van der Waals surface area contributed by atoms with Gasteiger partial charge in [0.15, 0.2) is 0 Å². The zero-order chi connectivity index (χ0) is 16.2. The Bertz CT molecular complexity index is 537. The SMILES string of the molecule is COC(=O)[C@@H](C)c1cccc(I)c1NC(=O)OC(C)(C)C. The van der Waals surface area contributed by atoms with Crippen LogP contribution in [0.2, 0.25) is 0 Å². The lowest BCUT2D eigenvalue weighted by Gasteiger charge is -2.22. The van der Waals surface area contributed by atoms with Crippen LogP contribution in [0, 0.1) is 3.57 Å². The van der Waals surface area contributed by atoms with Crippen molar-refractivity contribution >= 4 is 40.3 Å². The molecule has 1 N–H and O–H groups in total. The van der Waals surface area contributed by atoms with Crippen molar-refractivity contribution in [2.24, 2.45) is 0 Å². The molecular formula is C15H20INO4. The van der Waals surface area contributed by atoms with Gasteiger partial charge in [-0.3, -0.25) is 10.1 Å². The van der Waals surface area contributed by atoms with E-state index in [0.717, 1.165) is 3.57 Å². The summed E-state index contributed by atoms with van der Waals surface area (Å²) in [6, 6.07) is 5.47. The van der Waals surface area contributed by atoms with Crippen LogP contribution in [0.4, 0.5) is 10.5 Å². The predicted molar refractivity (Wildman–Crippen MR) is 89.4 cm³/mol. The van der Waals surface area contributed by atoms with Crippen molar-refractivity contribution in [1.82, 2.24) is 0 Å². The third-order valence-corrected chi connectivity index (χ3v) is 3.59. The van der Waals surface area contributed by atoms with E-state index in [2.05, 4.69) is 27.9 Å². The molecule has 1 rings (SSSR count). The summed E-state index contributed by atoms with van der Waals surface area (Å²) in [7, 11) is 1.34. The number of carbonyl (C=O) groups excluding carboxylic acids is 2. The number of amides is 1. The average molecular weight is 405 g/mol. The molecule has 0 aliphatic heterocycles. The molecule has 0 bridgehead atoms. The maximum atomic E-state index is 11.9. The number of hydrogen-bond acceptors (Lipinski definition) is 4. The number of ether oxygens (including phenoxy) is 2. The summed E-state index contributed by atoms with van der Waals surface area (Å²) in [5.41, 5.74) is 0.683. The lowest BCUT2D eigenvalue weighted by atomic mass is 9.99. The molecule has 21 heavy (non-hydrogen) atoms. The Morgan fingerprint density at radius 2 is 1.90 bits per heavy atom. The Morgan fingerprint density at radius 3 is 2.43 bits per heavy atom. The highest BCUT2D eigenvalue weighted by Crippen LogP contribution is 2.30. The Hall–Kier alpha value is -1.31. The first-order valence-electron chi connectivity index (χ1n) is 6.52. The maximum Gasteiger partial charge on any atom is 0.412 e. The molecule has 0 aliphatic rings. The summed E-state index contributed by atoms with van der Waals surface area (Å²) in [6.07, 6.45) is -0.551. The average Bonchev–Trinajstić information content (AvgIpc) is 2.37. The fraction of sp³-hybridized carbons (Fsp3) is 0.467. The highest BCUT2D eigenvalue weighted by molar-refractivity contribution is 14.1. The van der Waals surface area contributed by atoms with Crippen molar-refractivity contribution in [2.45, 2.75) is 39.2 Å². The summed E-state index contributed by atoms with van der Waals surface area (Å²) < 4.78 is 10.8. The monoisotopic (exact) mass is 405 g/mol. The summed E-state index contributed by atoms with van der Waals surface area (Å²) in [4.78, 5) is 23.7. The highest BCUT2D eigenvalue weighted by atomic mass is 127. The van der Waals surface area contributed by atoms with Crippen molar-refractivity contribution in [2.75, 3.05) is 12.4 Å². The Morgan fingerprint density at radius 1 is 1.29 bits per heavy atom. The van der Waals surface area contributed by atoms with E-state index in [-0.39, 0.29) is 5.97 Å². The first kappa shape index (κ1) is 17.7. The Balaban J connectivity index is 3.06. The van der Waals surface area contributed by atoms with E-state index in [4.69, 9.17) is 9.47 Å². The van der Waals surface area contributed by atoms with Gasteiger partial charge in [-0.25, -0.2) is 4.79 Å². The second-order valence-electron chi connectivity index (χ2n) is 5.58. The number of rotatable bonds is 3. The van der Waals surface area contributed by atoms with Crippen molar-refractivity contribution in [3.05, 3.63) is 27.3 Å². The summed E-state index contributed by atoms with van der Waals surface area (Å²) in [5.74, 6) is -0.834. The van der Waals surface area contributed by atoms with E-state index in [1.807, 2.05) is 12.1 Å². The second-order valence-corrected chi connectivity index (χ2v) is 6.74. The van der Waals surface area contributed by atoms with Gasteiger partial charge in [0.05, 0.1) is 18.7 Å². The van der Waals surface area contributed by atoms with E-state index >= 15 is 0 Å². The van der Waals surface area contributed by atoms with Gasteiger partial charge in [-0.1, -0.05) is 12.1 Å². The number of halogens is 1. The number of anilines is 1. The highest BCUT2D eigenvalue weighted by Gasteiger charge is 2.23. The largest absolute Gasteiger partial charge is 0.469 e. The molecule has 0 aromatic heterocycles. The molecule has 1 atom stereocenters. The van der Waals surface area contributed by atoms with Crippen molar-refractivity contribution < 1.29 is 19.1 Å². The topological polar surface area (TPSA) is 64.6 Å². The maximum absolute atomic E-state index is 11.9. The molecule has 5 nitrogen and oxygen atoms in total. The van der Waals surface area contributed by atoms with Crippen LogP contribution in [0.15, 0.2) is 18.2 Å². The van der Waals surface area contributed by atoms with Gasteiger partial charge < -0.3 is 9.47 Å². The molecule has 0 saturated carbocycles. The first-order valence-corrected chi connectivity index (χ1v) is 7.60. The van der Waals surface area contributed by atoms with Crippen LogP contribution in [-0.2, 0) is 14.3 Å². The number of para-hydroxylation sites is 1. The lowest BCUT2D eigenvalue weighted by Crippen LogP contribution is -2.28. The van der Waals surface area contributed by atoms with Crippen molar-refractivity contribution in [3.63, 3.8) is 0 Å². The zero-order valence-corrected chi connectivity index (χ0v) is 15.0. The minimum atomic E-state index is -0.585. The van der Waals surface area contributed by atoms with Crippen molar-refractivity contribution in [3.8, 4) is 0 Å². The van der Waals surface area contributed by atoms with Gasteiger partial charge in [0, 0.05) is 3.57 Å². The number of benzene rings is 1. The van der Waals surface area contributed by atoms with Crippen LogP contribution in [0.3, 0.4) is 0 Å². The van der Waals surface area contributed by atoms with Gasteiger partial charge in [0.2, 0.25) is 0 Å². The molecule has 116 valence electrons. The number of methoxy groups -OCH3 is 1. The molecule has 0 saturated heterocycles. The van der Waals surface area contributed by atoms with Gasteiger partial charge in [0.25, 0.3) is 0 Å². The molecular weight excluding hydrogens is 385 g/mol. The van der Waals surface area contributed by atoms with Gasteiger partial charge in [-0.05, 0) is 61.9 Å². The molecule has 0 radical (unpaired) electrons. The molecule has 1 amide bonds. The zero-order valence-electron chi connectivity index (χ0n) is 12.8. The smallest absolute Gasteiger partial charge is 0.412 e. The predicted octanol–water partition coefficient (Wildman–Crippen LogP) is 3.91. The van der Waals surface area contributed by atoms with Crippen LogP contribution in [0.1, 0.15) is 39.2 Å². The Labute approximate surface area is 138 Å². The minimum Gasteiger partial charge on any atom is -0.469 e. The summed E-state index contributed by atoms with van der Waals surface area (Å²) >= 11 is 2.10. The number of nitrogens with one attached hydrogen (secondary N) is 1. The quantitative estimate of drug-likeness (QED) is 0.612. The van der Waals surface area contributed by atoms with Gasteiger partial charge >= 0.3 is 12.1 Å². The third kappa shape index (κ3) is 5.18. The lowest BCUT2D eigenvalue weighted by molar-refractivity contribution is -0.141. The normalized spacial score (nSPS) is 12.5. The van der Waals surface area contributed by atoms with Gasteiger partial charge in [0.1, 0.15) is 5.60 Å². The number of esters is 1. The number of carbonyl (C=O) groups is 2. The van der Waals surface area contributed by atoms with Gasteiger partial charge in [-0.15, -0.1) is 0 Å². The summed E-state index contributed by atoms with van der Waals surface area (Å²) in [5, 5.41) is 2.72. The molecule has 0 spiro atoms. The van der Waals surface area contributed by atoms with Gasteiger partial charge in [-0.2, -0.15) is 0 Å². The van der Waals surface area contributed by atoms with E-state index in [1.54, 1.807) is 33.8 Å². The molecule has 6 heteroatoms. The molecule has 1 aromatic rings. The fourth-order valence-corrected chi connectivity index (χ4v) is 2.40. The van der Waals surface area contributed by atoms with E-state index in [0.29, 0.717) is 11.3 Å². The number of hydrogen-bond donors (Lipinski definition) is 1.